The van der Waals surface area contributed by atoms with Gasteiger partial charge in [-0.2, -0.15) is 5.10 Å². The van der Waals surface area contributed by atoms with Gasteiger partial charge in [-0.1, -0.05) is 30.3 Å². The van der Waals surface area contributed by atoms with Gasteiger partial charge in [-0.15, -0.1) is 0 Å². The molecule has 2 heterocycles. The molecular weight excluding hydrogens is 394 g/mol. The largest absolute Gasteiger partial charge is 0.497 e. The Labute approximate surface area is 177 Å². The second kappa shape index (κ2) is 7.28. The molecule has 0 unspecified atom stereocenters. The third-order valence-electron chi connectivity index (χ3n) is 5.36. The maximum Gasteiger partial charge on any atom is 0.340 e. The summed E-state index contributed by atoms with van der Waals surface area (Å²) in [6.07, 6.45) is 1.55. The smallest absolute Gasteiger partial charge is 0.340 e. The Morgan fingerprint density at radius 3 is 2.52 bits per heavy atom. The van der Waals surface area contributed by atoms with E-state index in [2.05, 4.69) is 10.1 Å². The fourth-order valence-electron chi connectivity index (χ4n) is 3.96. The minimum atomic E-state index is -0.473. The lowest BCUT2D eigenvalue weighted by molar-refractivity contribution is 0.0529. The highest BCUT2D eigenvalue weighted by Gasteiger charge is 2.27. The van der Waals surface area contributed by atoms with Crippen LogP contribution in [0.15, 0.2) is 65.6 Å². The lowest BCUT2D eigenvalue weighted by Gasteiger charge is -2.06. The normalized spacial score (nSPS) is 11.3. The molecule has 1 aromatic carbocycles. The molecule has 0 bridgehead atoms. The Hall–Kier alpha value is -4.13. The van der Waals surface area contributed by atoms with Crippen molar-refractivity contribution in [2.45, 2.75) is 6.92 Å². The molecule has 2 aromatic heterocycles. The molecule has 5 rings (SSSR count). The molecule has 2 aliphatic rings. The van der Waals surface area contributed by atoms with Crippen LogP contribution in [0.1, 0.15) is 17.3 Å². The van der Waals surface area contributed by atoms with Crippen molar-refractivity contribution < 1.29 is 14.3 Å². The maximum atomic E-state index is 13.5. The molecule has 3 aromatic rings. The molecule has 7 nitrogen and oxygen atoms in total. The highest BCUT2D eigenvalue weighted by atomic mass is 16.5. The molecule has 0 saturated carbocycles. The molecule has 7 heteroatoms. The third kappa shape index (κ3) is 2.85. The van der Waals surface area contributed by atoms with Crippen molar-refractivity contribution in [3.63, 3.8) is 0 Å². The Morgan fingerprint density at radius 2 is 1.81 bits per heavy atom. The van der Waals surface area contributed by atoms with Crippen molar-refractivity contribution in [1.82, 2.24) is 14.8 Å². The fraction of sp³-hybridized carbons (Fsp3) is 0.125. The summed E-state index contributed by atoms with van der Waals surface area (Å²) in [4.78, 5) is 29.7. The number of aromatic nitrogens is 3. The number of pyridine rings is 1. The number of carbonyl (C=O) groups excluding carboxylic acids is 1. The van der Waals surface area contributed by atoms with Gasteiger partial charge < -0.3 is 14.5 Å². The van der Waals surface area contributed by atoms with E-state index in [9.17, 15) is 9.59 Å². The van der Waals surface area contributed by atoms with E-state index in [0.717, 1.165) is 11.4 Å². The number of benzene rings is 1. The van der Waals surface area contributed by atoms with Gasteiger partial charge in [0.15, 0.2) is 0 Å². The van der Waals surface area contributed by atoms with Gasteiger partial charge >= 0.3 is 5.97 Å². The maximum absolute atomic E-state index is 13.5. The fourth-order valence-corrected chi connectivity index (χ4v) is 3.96. The lowest BCUT2D eigenvalue weighted by Crippen LogP contribution is -2.08. The number of aromatic amines is 1. The molecule has 0 spiro atoms. The molecule has 0 fully saturated rings. The molecule has 31 heavy (non-hydrogen) atoms. The van der Waals surface area contributed by atoms with Crippen molar-refractivity contribution in [3.8, 4) is 22.6 Å². The summed E-state index contributed by atoms with van der Waals surface area (Å²) in [6.45, 7) is 1.99. The number of carbonyl (C=O) groups is 1. The van der Waals surface area contributed by atoms with Crippen molar-refractivity contribution in [3.05, 3.63) is 76.6 Å². The predicted octanol–water partition coefficient (Wildman–Crippen LogP) is 4.16. The minimum absolute atomic E-state index is 0.185. The monoisotopic (exact) mass is 413 g/mol. The number of nitrogens with one attached hydrogen (secondary N) is 1. The van der Waals surface area contributed by atoms with E-state index >= 15 is 0 Å². The van der Waals surface area contributed by atoms with Crippen LogP contribution >= 0.6 is 0 Å². The zero-order valence-corrected chi connectivity index (χ0v) is 17.0. The van der Waals surface area contributed by atoms with Crippen molar-refractivity contribution in [2.75, 3.05) is 13.7 Å². The van der Waals surface area contributed by atoms with Gasteiger partial charge in [0.2, 0.25) is 5.43 Å². The summed E-state index contributed by atoms with van der Waals surface area (Å²) in [7, 11) is 1.60. The number of methoxy groups -OCH3 is 1. The first-order chi connectivity index (χ1) is 15.1. The van der Waals surface area contributed by atoms with E-state index in [1.807, 2.05) is 54.6 Å². The van der Waals surface area contributed by atoms with Crippen LogP contribution in [0, 0.1) is 0 Å². The molecule has 1 N–H and O–H groups in total. The molecule has 2 aliphatic carbocycles. The van der Waals surface area contributed by atoms with E-state index in [-0.39, 0.29) is 12.0 Å². The first kappa shape index (κ1) is 18.9. The standard InChI is InChI=1S/C24H19N3O4/c1-3-31-24(29)20-17-8-6-4-5-7-16(17)19-21(20)26-23-18(22(19)28)13-25-27(23)14-9-11-15(30-2)12-10-14/h4-13H,3H2,1-2H3,(H,26,28). The van der Waals surface area contributed by atoms with Crippen LogP contribution in [0.25, 0.3) is 38.8 Å². The van der Waals surface area contributed by atoms with E-state index in [0.29, 0.717) is 38.6 Å². The Bertz CT molecular complexity index is 1460. The number of hydrogen-bond donors (Lipinski definition) is 1. The van der Waals surface area contributed by atoms with Gasteiger partial charge in [0.25, 0.3) is 0 Å². The van der Waals surface area contributed by atoms with E-state index in [4.69, 9.17) is 9.47 Å². The zero-order valence-electron chi connectivity index (χ0n) is 17.0. The number of rotatable bonds is 4. The molecule has 154 valence electrons. The number of esters is 1. The van der Waals surface area contributed by atoms with Gasteiger partial charge in [0, 0.05) is 0 Å². The van der Waals surface area contributed by atoms with Crippen LogP contribution in [0.2, 0.25) is 0 Å². The highest BCUT2D eigenvalue weighted by molar-refractivity contribution is 6.18. The summed E-state index contributed by atoms with van der Waals surface area (Å²) < 4.78 is 12.2. The average molecular weight is 413 g/mol. The summed E-state index contributed by atoms with van der Waals surface area (Å²) in [5.74, 6) is 0.245. The predicted molar refractivity (Wildman–Crippen MR) is 118 cm³/mol. The van der Waals surface area contributed by atoms with Gasteiger partial charge in [-0.05, 0) is 42.3 Å². The number of ether oxygens (including phenoxy) is 2. The van der Waals surface area contributed by atoms with Crippen LogP contribution < -0.4 is 10.2 Å². The molecule has 0 saturated heterocycles. The number of fused-ring (bicyclic) bond motifs is 4. The molecule has 0 radical (unpaired) electrons. The summed E-state index contributed by atoms with van der Waals surface area (Å²) in [5.41, 5.74) is 3.25. The Balaban J connectivity index is 1.87. The van der Waals surface area contributed by atoms with Crippen LogP contribution in [0.4, 0.5) is 0 Å². The number of hydrogen-bond acceptors (Lipinski definition) is 5. The first-order valence-corrected chi connectivity index (χ1v) is 9.90. The van der Waals surface area contributed by atoms with Crippen molar-refractivity contribution in [1.29, 1.82) is 0 Å². The van der Waals surface area contributed by atoms with Crippen molar-refractivity contribution >= 4 is 27.9 Å². The first-order valence-electron chi connectivity index (χ1n) is 9.90. The highest BCUT2D eigenvalue weighted by Crippen LogP contribution is 2.37. The summed E-state index contributed by atoms with van der Waals surface area (Å²) >= 11 is 0. The summed E-state index contributed by atoms with van der Waals surface area (Å²) in [6, 6.07) is 16.6. The third-order valence-corrected chi connectivity index (χ3v) is 5.36. The van der Waals surface area contributed by atoms with Crippen LogP contribution in [-0.4, -0.2) is 34.5 Å². The second-order valence-electron chi connectivity index (χ2n) is 7.05. The Kier molecular flexibility index (Phi) is 4.43. The molecular formula is C24H19N3O4. The average Bonchev–Trinajstić information content (AvgIpc) is 3.25. The Morgan fingerprint density at radius 1 is 1.06 bits per heavy atom. The number of nitrogens with zero attached hydrogens (tertiary/aromatic N) is 2. The van der Waals surface area contributed by atoms with E-state index < -0.39 is 5.97 Å². The minimum Gasteiger partial charge on any atom is -0.497 e. The van der Waals surface area contributed by atoms with Gasteiger partial charge in [-0.3, -0.25) is 4.79 Å². The van der Waals surface area contributed by atoms with Gasteiger partial charge in [0.1, 0.15) is 11.4 Å². The SMILES string of the molecule is CCOC(=O)c1c2cccccc-2c2c(=O)c3cnn(-c4ccc(OC)cc4)c3[nH]c12. The number of H-pyrrole nitrogens is 1. The van der Waals surface area contributed by atoms with Crippen LogP contribution in [-0.2, 0) is 4.74 Å². The van der Waals surface area contributed by atoms with E-state index in [1.54, 1.807) is 24.9 Å². The zero-order chi connectivity index (χ0) is 21.5. The molecule has 0 aliphatic heterocycles. The second-order valence-corrected chi connectivity index (χ2v) is 7.05. The lowest BCUT2D eigenvalue weighted by atomic mass is 10.1. The van der Waals surface area contributed by atoms with Gasteiger partial charge in [0.05, 0.1) is 47.5 Å². The van der Waals surface area contributed by atoms with Gasteiger partial charge in [-0.25, -0.2) is 9.48 Å². The van der Waals surface area contributed by atoms with Crippen LogP contribution in [0.3, 0.4) is 0 Å². The molecule has 0 amide bonds. The van der Waals surface area contributed by atoms with Crippen molar-refractivity contribution in [2.24, 2.45) is 0 Å². The van der Waals surface area contributed by atoms with E-state index in [1.165, 1.54) is 0 Å². The summed E-state index contributed by atoms with van der Waals surface area (Å²) in [5, 5.41) is 5.31. The topological polar surface area (TPSA) is 86.2 Å². The molecule has 0 atom stereocenters. The van der Waals surface area contributed by atoms with Crippen LogP contribution in [0.5, 0.6) is 5.75 Å². The quantitative estimate of drug-likeness (QED) is 0.447.